The summed E-state index contributed by atoms with van der Waals surface area (Å²) in [6.07, 6.45) is 4.37. The van der Waals surface area contributed by atoms with Crippen molar-refractivity contribution in [1.29, 1.82) is 0 Å². The van der Waals surface area contributed by atoms with Crippen LogP contribution in [0.2, 0.25) is 0 Å². The second-order valence-corrected chi connectivity index (χ2v) is 6.35. The molecule has 1 aliphatic rings. The molecule has 1 aromatic heterocycles. The summed E-state index contributed by atoms with van der Waals surface area (Å²) in [6, 6.07) is 5.77. The van der Waals surface area contributed by atoms with Gasteiger partial charge in [0.2, 0.25) is 5.91 Å². The first-order valence-electron chi connectivity index (χ1n) is 8.37. The smallest absolute Gasteiger partial charge is 0.257 e. The highest BCUT2D eigenvalue weighted by atomic mass is 19.1. The molecule has 1 aromatic carbocycles. The number of hydrogen-bond acceptors (Lipinski definition) is 3. The van der Waals surface area contributed by atoms with Crippen LogP contribution >= 0.6 is 0 Å². The molecule has 2 N–H and O–H groups in total. The molecule has 132 valence electrons. The van der Waals surface area contributed by atoms with Crippen molar-refractivity contribution >= 4 is 11.8 Å². The molecule has 7 heteroatoms. The maximum Gasteiger partial charge on any atom is 0.257 e. The lowest BCUT2D eigenvalue weighted by Gasteiger charge is -2.35. The maximum absolute atomic E-state index is 13.1. The lowest BCUT2D eigenvalue weighted by Crippen LogP contribution is -2.45. The molecule has 2 amide bonds. The van der Waals surface area contributed by atoms with Gasteiger partial charge in [0, 0.05) is 19.0 Å². The number of benzene rings is 1. The van der Waals surface area contributed by atoms with Gasteiger partial charge in [-0.1, -0.05) is 0 Å². The highest BCUT2D eigenvalue weighted by molar-refractivity contribution is 5.95. The Kier molecular flexibility index (Phi) is 4.83. The molecule has 0 aliphatic carbocycles. The van der Waals surface area contributed by atoms with Gasteiger partial charge in [0.15, 0.2) is 0 Å². The summed E-state index contributed by atoms with van der Waals surface area (Å²) < 4.78 is 14.7. The van der Waals surface area contributed by atoms with Gasteiger partial charge >= 0.3 is 0 Å². The minimum Gasteiger partial charge on any atom is -0.370 e. The number of aromatic nitrogens is 2. The predicted octanol–water partition coefficient (Wildman–Crippen LogP) is 2.19. The van der Waals surface area contributed by atoms with E-state index in [2.05, 4.69) is 5.10 Å². The van der Waals surface area contributed by atoms with Crippen LogP contribution in [0.4, 0.5) is 4.39 Å². The van der Waals surface area contributed by atoms with Crippen LogP contribution in [0, 0.1) is 12.7 Å². The molecule has 1 aliphatic heterocycles. The first kappa shape index (κ1) is 17.1. The van der Waals surface area contributed by atoms with Gasteiger partial charge in [-0.2, -0.15) is 5.10 Å². The number of hydrogen-bond donors (Lipinski definition) is 1. The van der Waals surface area contributed by atoms with E-state index in [-0.39, 0.29) is 24.2 Å². The van der Waals surface area contributed by atoms with E-state index in [1.165, 1.54) is 18.3 Å². The number of carbonyl (C=O) groups excluding carboxylic acids is 2. The summed E-state index contributed by atoms with van der Waals surface area (Å²) in [5.41, 5.74) is 7.18. The molecular formula is C18H21FN4O2. The average Bonchev–Trinajstić information content (AvgIpc) is 2.96. The number of primary amides is 1. The van der Waals surface area contributed by atoms with Crippen molar-refractivity contribution in [1.82, 2.24) is 14.7 Å². The largest absolute Gasteiger partial charge is 0.370 e. The molecule has 3 rings (SSSR count). The zero-order valence-corrected chi connectivity index (χ0v) is 14.1. The average molecular weight is 344 g/mol. The zero-order valence-electron chi connectivity index (χ0n) is 14.1. The van der Waals surface area contributed by atoms with Crippen LogP contribution in [-0.2, 0) is 4.79 Å². The van der Waals surface area contributed by atoms with Gasteiger partial charge in [0.1, 0.15) is 5.82 Å². The Labute approximate surface area is 145 Å². The van der Waals surface area contributed by atoms with Crippen LogP contribution in [0.25, 0.3) is 5.69 Å². The molecular weight excluding hydrogens is 323 g/mol. The molecule has 0 unspecified atom stereocenters. The van der Waals surface area contributed by atoms with Gasteiger partial charge in [-0.05, 0) is 50.5 Å². The Morgan fingerprint density at radius 2 is 2.00 bits per heavy atom. The van der Waals surface area contributed by atoms with Crippen molar-refractivity contribution in [2.75, 3.05) is 6.54 Å². The Balaban J connectivity index is 1.87. The van der Waals surface area contributed by atoms with Crippen LogP contribution in [0.15, 0.2) is 30.5 Å². The Morgan fingerprint density at radius 1 is 1.28 bits per heavy atom. The van der Waals surface area contributed by atoms with E-state index >= 15 is 0 Å². The van der Waals surface area contributed by atoms with Crippen molar-refractivity contribution in [3.63, 3.8) is 0 Å². The van der Waals surface area contributed by atoms with Gasteiger partial charge in [-0.25, -0.2) is 9.07 Å². The van der Waals surface area contributed by atoms with Crippen molar-refractivity contribution in [3.05, 3.63) is 47.5 Å². The van der Waals surface area contributed by atoms with Crippen LogP contribution in [0.3, 0.4) is 0 Å². The number of halogens is 1. The first-order chi connectivity index (χ1) is 12.0. The first-order valence-corrected chi connectivity index (χ1v) is 8.37. The Hall–Kier alpha value is -2.70. The predicted molar refractivity (Wildman–Crippen MR) is 90.7 cm³/mol. The summed E-state index contributed by atoms with van der Waals surface area (Å²) >= 11 is 0. The number of nitrogens with zero attached hydrogens (tertiary/aromatic N) is 3. The second kappa shape index (κ2) is 7.04. The molecule has 0 bridgehead atoms. The summed E-state index contributed by atoms with van der Waals surface area (Å²) in [5, 5.41) is 4.27. The number of nitrogens with two attached hydrogens (primary N) is 1. The molecule has 0 radical (unpaired) electrons. The van der Waals surface area contributed by atoms with E-state index in [0.717, 1.165) is 19.3 Å². The number of piperidine rings is 1. The molecule has 2 aromatic rings. The fourth-order valence-corrected chi connectivity index (χ4v) is 3.33. The number of carbonyl (C=O) groups is 2. The van der Waals surface area contributed by atoms with Crippen LogP contribution in [0.5, 0.6) is 0 Å². The monoisotopic (exact) mass is 344 g/mol. The highest BCUT2D eigenvalue weighted by Gasteiger charge is 2.30. The molecule has 6 nitrogen and oxygen atoms in total. The normalized spacial score (nSPS) is 17.5. The summed E-state index contributed by atoms with van der Waals surface area (Å²) in [6.45, 7) is 2.41. The summed E-state index contributed by atoms with van der Waals surface area (Å²) in [5.74, 6) is -0.868. The SMILES string of the molecule is Cc1c(C(=O)N2CCCC[C@@H]2CC(N)=O)cnn1-c1ccc(F)cc1. The molecule has 2 heterocycles. The fraction of sp³-hybridized carbons (Fsp3) is 0.389. The highest BCUT2D eigenvalue weighted by Crippen LogP contribution is 2.24. The number of amides is 2. The third-order valence-electron chi connectivity index (χ3n) is 4.64. The van der Waals surface area contributed by atoms with Gasteiger partial charge in [0.25, 0.3) is 5.91 Å². The van der Waals surface area contributed by atoms with Crippen molar-refractivity contribution in [3.8, 4) is 5.69 Å². The van der Waals surface area contributed by atoms with Crippen LogP contribution < -0.4 is 5.73 Å². The van der Waals surface area contributed by atoms with Crippen molar-refractivity contribution in [2.45, 2.75) is 38.6 Å². The van der Waals surface area contributed by atoms with E-state index in [4.69, 9.17) is 5.73 Å². The molecule has 1 atom stereocenters. The second-order valence-electron chi connectivity index (χ2n) is 6.35. The van der Waals surface area contributed by atoms with Crippen LogP contribution in [-0.4, -0.2) is 39.1 Å². The van der Waals surface area contributed by atoms with Crippen molar-refractivity contribution < 1.29 is 14.0 Å². The minimum absolute atomic E-state index is 0.142. The zero-order chi connectivity index (χ0) is 18.0. The summed E-state index contributed by atoms with van der Waals surface area (Å²) in [4.78, 5) is 26.0. The van der Waals surface area contributed by atoms with Gasteiger partial charge in [-0.3, -0.25) is 9.59 Å². The minimum atomic E-state index is -0.400. The Morgan fingerprint density at radius 3 is 2.68 bits per heavy atom. The molecule has 1 fully saturated rings. The topological polar surface area (TPSA) is 81.2 Å². The number of likely N-dealkylation sites (tertiary alicyclic amines) is 1. The molecule has 0 saturated carbocycles. The quantitative estimate of drug-likeness (QED) is 0.923. The van der Waals surface area contributed by atoms with E-state index in [0.29, 0.717) is 23.5 Å². The van der Waals surface area contributed by atoms with E-state index < -0.39 is 5.91 Å². The molecule has 0 spiro atoms. The van der Waals surface area contributed by atoms with Gasteiger partial charge in [-0.15, -0.1) is 0 Å². The third kappa shape index (κ3) is 3.55. The maximum atomic E-state index is 13.1. The summed E-state index contributed by atoms with van der Waals surface area (Å²) in [7, 11) is 0. The Bertz CT molecular complexity index is 785. The lowest BCUT2D eigenvalue weighted by molar-refractivity contribution is -0.119. The van der Waals surface area contributed by atoms with E-state index in [1.54, 1.807) is 28.6 Å². The van der Waals surface area contributed by atoms with Gasteiger partial charge in [0.05, 0.1) is 23.1 Å². The van der Waals surface area contributed by atoms with E-state index in [9.17, 15) is 14.0 Å². The standard InChI is InChI=1S/C18H21FN4O2/c1-12-16(11-21-23(12)14-7-5-13(19)6-8-14)18(25)22-9-3-2-4-15(22)10-17(20)24/h5-8,11,15H,2-4,9-10H2,1H3,(H2,20,24)/t15-/m1/s1. The van der Waals surface area contributed by atoms with Gasteiger partial charge < -0.3 is 10.6 Å². The molecule has 1 saturated heterocycles. The third-order valence-corrected chi connectivity index (χ3v) is 4.64. The molecule has 25 heavy (non-hydrogen) atoms. The number of rotatable bonds is 4. The fourth-order valence-electron chi connectivity index (χ4n) is 3.33. The van der Waals surface area contributed by atoms with Crippen molar-refractivity contribution in [2.24, 2.45) is 5.73 Å². The van der Waals surface area contributed by atoms with E-state index in [1.807, 2.05) is 0 Å². The van der Waals surface area contributed by atoms with Crippen LogP contribution in [0.1, 0.15) is 41.7 Å². The lowest BCUT2D eigenvalue weighted by atomic mass is 9.98.